The second kappa shape index (κ2) is 11.9. The quantitative estimate of drug-likeness (QED) is 0.302. The van der Waals surface area contributed by atoms with Crippen LogP contribution in [0, 0.1) is 5.82 Å². The zero-order chi connectivity index (χ0) is 21.9. The number of carbonyl (C=O) groups excluding carboxylic acids is 2. The molecule has 160 valence electrons. The first-order valence-corrected chi connectivity index (χ1v) is 10.2. The van der Waals surface area contributed by atoms with Crippen molar-refractivity contribution in [2.75, 3.05) is 18.5 Å². The summed E-state index contributed by atoms with van der Waals surface area (Å²) in [6.07, 6.45) is 1.88. The van der Waals surface area contributed by atoms with Crippen LogP contribution in [0.3, 0.4) is 0 Å². The molecule has 0 aliphatic heterocycles. The second-order valence-corrected chi connectivity index (χ2v) is 6.99. The molecular formula is C21H23BrFN3O4. The molecule has 0 bridgehead atoms. The molecule has 0 spiro atoms. The van der Waals surface area contributed by atoms with Crippen LogP contribution >= 0.6 is 15.9 Å². The van der Waals surface area contributed by atoms with Gasteiger partial charge in [0.1, 0.15) is 12.2 Å². The van der Waals surface area contributed by atoms with Crippen LogP contribution in [0.4, 0.5) is 10.1 Å². The Morgan fingerprint density at radius 1 is 1.13 bits per heavy atom. The summed E-state index contributed by atoms with van der Waals surface area (Å²) in [5, 5.41) is 6.38. The highest BCUT2D eigenvalue weighted by molar-refractivity contribution is 9.10. The molecule has 0 radical (unpaired) electrons. The molecule has 2 N–H and O–H groups in total. The molecular weight excluding hydrogens is 457 g/mol. The van der Waals surface area contributed by atoms with Crippen molar-refractivity contribution in [1.29, 1.82) is 0 Å². The summed E-state index contributed by atoms with van der Waals surface area (Å²) in [5.74, 6) is -0.362. The van der Waals surface area contributed by atoms with Crippen LogP contribution in [0.25, 0.3) is 0 Å². The number of hydrogen-bond acceptors (Lipinski definition) is 5. The number of benzene rings is 2. The number of rotatable bonds is 10. The maximum absolute atomic E-state index is 12.9. The van der Waals surface area contributed by atoms with E-state index >= 15 is 0 Å². The van der Waals surface area contributed by atoms with Gasteiger partial charge in [0.25, 0.3) is 0 Å². The summed E-state index contributed by atoms with van der Waals surface area (Å²) in [4.78, 5) is 23.8. The highest BCUT2D eigenvalue weighted by atomic mass is 79.9. The Balaban J connectivity index is 1.94. The second-order valence-electron chi connectivity index (χ2n) is 6.14. The van der Waals surface area contributed by atoms with E-state index in [1.807, 2.05) is 13.8 Å². The smallest absolute Gasteiger partial charge is 0.249 e. The van der Waals surface area contributed by atoms with Gasteiger partial charge in [0, 0.05) is 5.69 Å². The molecule has 7 nitrogen and oxygen atoms in total. The van der Waals surface area contributed by atoms with Gasteiger partial charge < -0.3 is 14.8 Å². The molecule has 0 aliphatic rings. The standard InChI is InChI=1S/C21H23BrFN3O4/c1-3-9-30-21-17(22)10-14(11-18(21)29-4-2)13-24-26-20(28)12-19(27)25-16-7-5-15(23)6-8-16/h5-8,10-11,13H,3-4,9,12H2,1-2H3,(H,25,27)(H,26,28). The lowest BCUT2D eigenvalue weighted by atomic mass is 10.2. The van der Waals surface area contributed by atoms with Gasteiger partial charge in [0.05, 0.1) is 23.9 Å². The fourth-order valence-electron chi connectivity index (χ4n) is 2.37. The summed E-state index contributed by atoms with van der Waals surface area (Å²) in [6.45, 7) is 4.91. The van der Waals surface area contributed by atoms with Crippen molar-refractivity contribution in [2.45, 2.75) is 26.7 Å². The van der Waals surface area contributed by atoms with Crippen molar-refractivity contribution >= 4 is 39.6 Å². The lowest BCUT2D eigenvalue weighted by Gasteiger charge is -2.14. The van der Waals surface area contributed by atoms with E-state index in [0.717, 1.165) is 6.42 Å². The largest absolute Gasteiger partial charge is 0.490 e. The van der Waals surface area contributed by atoms with Gasteiger partial charge in [0.15, 0.2) is 11.5 Å². The van der Waals surface area contributed by atoms with Crippen molar-refractivity contribution in [1.82, 2.24) is 5.43 Å². The van der Waals surface area contributed by atoms with Crippen molar-refractivity contribution in [3.05, 3.63) is 52.3 Å². The van der Waals surface area contributed by atoms with E-state index in [4.69, 9.17) is 9.47 Å². The minimum atomic E-state index is -0.585. The number of hydrogen-bond donors (Lipinski definition) is 2. The van der Waals surface area contributed by atoms with E-state index in [1.165, 1.54) is 30.5 Å². The normalized spacial score (nSPS) is 10.7. The van der Waals surface area contributed by atoms with Gasteiger partial charge in [-0.05, 0) is 71.2 Å². The topological polar surface area (TPSA) is 89.0 Å². The summed E-state index contributed by atoms with van der Waals surface area (Å²) >= 11 is 3.46. The number of hydrazone groups is 1. The maximum atomic E-state index is 12.9. The number of nitrogens with zero attached hydrogens (tertiary/aromatic N) is 1. The molecule has 30 heavy (non-hydrogen) atoms. The Kier molecular flexibility index (Phi) is 9.27. The van der Waals surface area contributed by atoms with E-state index < -0.39 is 24.1 Å². The lowest BCUT2D eigenvalue weighted by molar-refractivity contribution is -0.126. The average Bonchev–Trinajstić information content (AvgIpc) is 2.69. The van der Waals surface area contributed by atoms with E-state index in [1.54, 1.807) is 12.1 Å². The van der Waals surface area contributed by atoms with Gasteiger partial charge in [-0.3, -0.25) is 9.59 Å². The molecule has 9 heteroatoms. The number of ether oxygens (including phenoxy) is 2. The number of anilines is 1. The molecule has 0 atom stereocenters. The van der Waals surface area contributed by atoms with Gasteiger partial charge >= 0.3 is 0 Å². The molecule has 0 saturated carbocycles. The van der Waals surface area contributed by atoms with Crippen LogP contribution in [-0.4, -0.2) is 31.2 Å². The molecule has 0 unspecified atom stereocenters. The van der Waals surface area contributed by atoms with Crippen molar-refractivity contribution in [3.63, 3.8) is 0 Å². The van der Waals surface area contributed by atoms with Crippen LogP contribution in [0.15, 0.2) is 46.0 Å². The summed E-state index contributed by atoms with van der Waals surface area (Å²) in [6, 6.07) is 8.77. The van der Waals surface area contributed by atoms with Crippen LogP contribution in [0.1, 0.15) is 32.3 Å². The van der Waals surface area contributed by atoms with E-state index in [-0.39, 0.29) is 0 Å². The molecule has 0 heterocycles. The Labute approximate surface area is 182 Å². The highest BCUT2D eigenvalue weighted by Gasteiger charge is 2.12. The number of amides is 2. The summed E-state index contributed by atoms with van der Waals surface area (Å²) in [7, 11) is 0. The summed E-state index contributed by atoms with van der Waals surface area (Å²) < 4.78 is 24.9. The van der Waals surface area contributed by atoms with E-state index in [2.05, 4.69) is 31.8 Å². The molecule has 2 aromatic carbocycles. The lowest BCUT2D eigenvalue weighted by Crippen LogP contribution is -2.24. The third-order valence-electron chi connectivity index (χ3n) is 3.63. The zero-order valence-electron chi connectivity index (χ0n) is 16.7. The third-order valence-corrected chi connectivity index (χ3v) is 4.22. The van der Waals surface area contributed by atoms with Crippen molar-refractivity contribution < 1.29 is 23.5 Å². The predicted octanol–water partition coefficient (Wildman–Crippen LogP) is 4.25. The molecule has 0 aromatic heterocycles. The minimum absolute atomic E-state index is 0.399. The number of halogens is 2. The maximum Gasteiger partial charge on any atom is 0.249 e. The van der Waals surface area contributed by atoms with Gasteiger partial charge in [-0.25, -0.2) is 9.82 Å². The Hall–Kier alpha value is -2.94. The van der Waals surface area contributed by atoms with Gasteiger partial charge in [-0.15, -0.1) is 0 Å². The molecule has 0 aliphatic carbocycles. The molecule has 2 aromatic rings. The summed E-state index contributed by atoms with van der Waals surface area (Å²) in [5.41, 5.74) is 3.37. The minimum Gasteiger partial charge on any atom is -0.490 e. The predicted molar refractivity (Wildman–Crippen MR) is 116 cm³/mol. The third kappa shape index (κ3) is 7.47. The Bertz CT molecular complexity index is 904. The molecule has 2 amide bonds. The first kappa shape index (κ1) is 23.3. The monoisotopic (exact) mass is 479 g/mol. The first-order valence-electron chi connectivity index (χ1n) is 9.39. The first-order chi connectivity index (χ1) is 14.4. The van der Waals surface area contributed by atoms with Crippen LogP contribution in [0.5, 0.6) is 11.5 Å². The van der Waals surface area contributed by atoms with Crippen LogP contribution < -0.4 is 20.2 Å². The Morgan fingerprint density at radius 2 is 1.87 bits per heavy atom. The van der Waals surface area contributed by atoms with Crippen molar-refractivity contribution in [3.8, 4) is 11.5 Å². The van der Waals surface area contributed by atoms with Crippen LogP contribution in [0.2, 0.25) is 0 Å². The van der Waals surface area contributed by atoms with E-state index in [0.29, 0.717) is 40.4 Å². The van der Waals surface area contributed by atoms with Gasteiger partial charge in [-0.2, -0.15) is 5.10 Å². The van der Waals surface area contributed by atoms with E-state index in [9.17, 15) is 14.0 Å². The van der Waals surface area contributed by atoms with Crippen LogP contribution in [-0.2, 0) is 9.59 Å². The molecule has 2 rings (SSSR count). The number of nitrogens with one attached hydrogen (secondary N) is 2. The molecule has 0 saturated heterocycles. The SMILES string of the molecule is CCCOc1c(Br)cc(C=NNC(=O)CC(=O)Nc2ccc(F)cc2)cc1OCC. The zero-order valence-corrected chi connectivity index (χ0v) is 18.3. The highest BCUT2D eigenvalue weighted by Crippen LogP contribution is 2.36. The fraction of sp³-hybridized carbons (Fsp3) is 0.286. The number of carbonyl (C=O) groups is 2. The average molecular weight is 480 g/mol. The Morgan fingerprint density at radius 3 is 2.53 bits per heavy atom. The van der Waals surface area contributed by atoms with Gasteiger partial charge in [-0.1, -0.05) is 6.92 Å². The van der Waals surface area contributed by atoms with Gasteiger partial charge in [0.2, 0.25) is 11.8 Å². The van der Waals surface area contributed by atoms with Crippen molar-refractivity contribution in [2.24, 2.45) is 5.10 Å². The fourth-order valence-corrected chi connectivity index (χ4v) is 2.95. The molecule has 0 fully saturated rings.